The Morgan fingerprint density at radius 2 is 1.74 bits per heavy atom. The van der Waals surface area contributed by atoms with Crippen LogP contribution in [0.25, 0.3) is 11.1 Å². The van der Waals surface area contributed by atoms with Crippen LogP contribution in [0, 0.1) is 12.8 Å². The number of carbonyl (C=O) groups is 1. The molecular weight excluding hydrogens is 308 g/mol. The minimum atomic E-state index is -0.0232. The maximum Gasteiger partial charge on any atom is 0.224 e. The third kappa shape index (κ3) is 5.70. The van der Waals surface area contributed by atoms with E-state index in [1.54, 1.807) is 0 Å². The molecule has 23 heavy (non-hydrogen) atoms. The van der Waals surface area contributed by atoms with Crippen molar-refractivity contribution in [1.29, 1.82) is 0 Å². The van der Waals surface area contributed by atoms with Gasteiger partial charge in [0.05, 0.1) is 0 Å². The van der Waals surface area contributed by atoms with Crippen molar-refractivity contribution in [3.63, 3.8) is 0 Å². The number of hydrogen-bond donors (Lipinski definition) is 2. The summed E-state index contributed by atoms with van der Waals surface area (Å²) in [5.41, 5.74) is 4.75. The molecule has 0 spiro atoms. The highest BCUT2D eigenvalue weighted by molar-refractivity contribution is 5.85. The van der Waals surface area contributed by atoms with E-state index in [2.05, 4.69) is 54.0 Å². The smallest absolute Gasteiger partial charge is 0.224 e. The first-order chi connectivity index (χ1) is 10.6. The van der Waals surface area contributed by atoms with Crippen LogP contribution in [0.4, 0.5) is 0 Å². The molecule has 4 heteroatoms. The fourth-order valence-corrected chi connectivity index (χ4v) is 2.45. The normalized spacial score (nSPS) is 11.4. The SMILES string of the molecule is CNCC(C)C(=O)NCc1cccc(-c2cccc(C)c2)c1.Cl. The molecule has 0 aliphatic carbocycles. The van der Waals surface area contributed by atoms with Gasteiger partial charge in [-0.1, -0.05) is 55.0 Å². The number of rotatable bonds is 6. The molecule has 0 saturated heterocycles. The van der Waals surface area contributed by atoms with E-state index in [1.807, 2.05) is 26.1 Å². The molecule has 0 aromatic heterocycles. The van der Waals surface area contributed by atoms with Gasteiger partial charge >= 0.3 is 0 Å². The first kappa shape index (κ1) is 19.2. The molecule has 0 aliphatic rings. The topological polar surface area (TPSA) is 41.1 Å². The standard InChI is InChI=1S/C19H24N2O.ClH/c1-14-6-4-8-17(10-14)18-9-5-7-16(11-18)13-21-19(22)15(2)12-20-3;/h4-11,15,20H,12-13H2,1-3H3,(H,21,22);1H. The average molecular weight is 333 g/mol. The van der Waals surface area contributed by atoms with Crippen molar-refractivity contribution < 1.29 is 4.79 Å². The van der Waals surface area contributed by atoms with Gasteiger partial charge in [-0.25, -0.2) is 0 Å². The molecule has 1 amide bonds. The van der Waals surface area contributed by atoms with E-state index >= 15 is 0 Å². The predicted molar refractivity (Wildman–Crippen MR) is 98.8 cm³/mol. The summed E-state index contributed by atoms with van der Waals surface area (Å²) in [5, 5.41) is 6.02. The zero-order chi connectivity index (χ0) is 15.9. The molecule has 3 nitrogen and oxygen atoms in total. The Kier molecular flexibility index (Phi) is 7.79. The third-order valence-corrected chi connectivity index (χ3v) is 3.70. The van der Waals surface area contributed by atoms with Crippen molar-refractivity contribution in [2.75, 3.05) is 13.6 Å². The lowest BCUT2D eigenvalue weighted by Gasteiger charge is -2.12. The summed E-state index contributed by atoms with van der Waals surface area (Å²) >= 11 is 0. The van der Waals surface area contributed by atoms with Gasteiger partial charge in [-0.15, -0.1) is 12.4 Å². The fraction of sp³-hybridized carbons (Fsp3) is 0.316. The molecule has 2 aromatic rings. The summed E-state index contributed by atoms with van der Waals surface area (Å²) in [5.74, 6) is 0.0558. The molecule has 1 atom stereocenters. The van der Waals surface area contributed by atoms with Crippen LogP contribution < -0.4 is 10.6 Å². The molecule has 0 radical (unpaired) electrons. The summed E-state index contributed by atoms with van der Waals surface area (Å²) in [7, 11) is 1.86. The van der Waals surface area contributed by atoms with Crippen LogP contribution in [-0.4, -0.2) is 19.5 Å². The minimum absolute atomic E-state index is 0. The van der Waals surface area contributed by atoms with Crippen LogP contribution in [0.3, 0.4) is 0 Å². The predicted octanol–water partition coefficient (Wildman–Crippen LogP) is 3.56. The summed E-state index contributed by atoms with van der Waals surface area (Å²) in [6.07, 6.45) is 0. The number of carbonyl (C=O) groups excluding carboxylic acids is 1. The van der Waals surface area contributed by atoms with Gasteiger partial charge in [-0.3, -0.25) is 4.79 Å². The lowest BCUT2D eigenvalue weighted by Crippen LogP contribution is -2.33. The zero-order valence-corrected chi connectivity index (χ0v) is 14.7. The number of hydrogen-bond acceptors (Lipinski definition) is 2. The van der Waals surface area contributed by atoms with E-state index in [0.29, 0.717) is 13.1 Å². The van der Waals surface area contributed by atoms with Crippen molar-refractivity contribution in [2.24, 2.45) is 5.92 Å². The Balaban J connectivity index is 0.00000264. The highest BCUT2D eigenvalue weighted by Crippen LogP contribution is 2.21. The lowest BCUT2D eigenvalue weighted by molar-refractivity contribution is -0.124. The molecule has 0 saturated carbocycles. The van der Waals surface area contributed by atoms with Crippen molar-refractivity contribution in [3.05, 3.63) is 59.7 Å². The zero-order valence-electron chi connectivity index (χ0n) is 13.9. The van der Waals surface area contributed by atoms with Crippen LogP contribution in [0.2, 0.25) is 0 Å². The van der Waals surface area contributed by atoms with Gasteiger partial charge in [0, 0.05) is 19.0 Å². The molecular formula is C19H25ClN2O. The maximum absolute atomic E-state index is 12.0. The Labute approximate surface area is 144 Å². The third-order valence-electron chi connectivity index (χ3n) is 3.70. The van der Waals surface area contributed by atoms with Crippen LogP contribution in [0.15, 0.2) is 48.5 Å². The van der Waals surface area contributed by atoms with Crippen molar-refractivity contribution in [2.45, 2.75) is 20.4 Å². The van der Waals surface area contributed by atoms with Gasteiger partial charge in [0.25, 0.3) is 0 Å². The molecule has 2 aromatic carbocycles. The quantitative estimate of drug-likeness (QED) is 0.849. The van der Waals surface area contributed by atoms with Gasteiger partial charge in [-0.05, 0) is 36.7 Å². The Morgan fingerprint density at radius 1 is 1.09 bits per heavy atom. The molecule has 0 aliphatic heterocycles. The second kappa shape index (κ2) is 9.33. The van der Waals surface area contributed by atoms with Gasteiger partial charge < -0.3 is 10.6 Å². The summed E-state index contributed by atoms with van der Waals surface area (Å²) in [6, 6.07) is 16.8. The number of benzene rings is 2. The second-order valence-electron chi connectivity index (χ2n) is 5.75. The summed E-state index contributed by atoms with van der Waals surface area (Å²) in [4.78, 5) is 12.0. The maximum atomic E-state index is 12.0. The number of aryl methyl sites for hydroxylation is 1. The minimum Gasteiger partial charge on any atom is -0.352 e. The van der Waals surface area contributed by atoms with Gasteiger partial charge in [0.2, 0.25) is 5.91 Å². The van der Waals surface area contributed by atoms with E-state index in [4.69, 9.17) is 0 Å². The average Bonchev–Trinajstić information content (AvgIpc) is 2.53. The number of nitrogens with one attached hydrogen (secondary N) is 2. The molecule has 0 heterocycles. The van der Waals surface area contributed by atoms with E-state index in [9.17, 15) is 4.79 Å². The summed E-state index contributed by atoms with van der Waals surface area (Å²) < 4.78 is 0. The molecule has 2 N–H and O–H groups in total. The molecule has 0 bridgehead atoms. The number of halogens is 1. The monoisotopic (exact) mass is 332 g/mol. The molecule has 124 valence electrons. The number of amides is 1. The first-order valence-electron chi connectivity index (χ1n) is 7.68. The Bertz CT molecular complexity index is 643. The Morgan fingerprint density at radius 3 is 2.39 bits per heavy atom. The molecule has 1 unspecified atom stereocenters. The van der Waals surface area contributed by atoms with Gasteiger partial charge in [0.1, 0.15) is 0 Å². The van der Waals surface area contributed by atoms with E-state index in [-0.39, 0.29) is 24.2 Å². The highest BCUT2D eigenvalue weighted by atomic mass is 35.5. The van der Waals surface area contributed by atoms with Gasteiger partial charge in [-0.2, -0.15) is 0 Å². The van der Waals surface area contributed by atoms with E-state index in [1.165, 1.54) is 16.7 Å². The fourth-order valence-electron chi connectivity index (χ4n) is 2.45. The van der Waals surface area contributed by atoms with Crippen molar-refractivity contribution in [3.8, 4) is 11.1 Å². The second-order valence-corrected chi connectivity index (χ2v) is 5.75. The van der Waals surface area contributed by atoms with Gasteiger partial charge in [0.15, 0.2) is 0 Å². The van der Waals surface area contributed by atoms with E-state index < -0.39 is 0 Å². The molecule has 2 rings (SSSR count). The Hall–Kier alpha value is -1.84. The van der Waals surface area contributed by atoms with E-state index in [0.717, 1.165) is 5.56 Å². The lowest BCUT2D eigenvalue weighted by atomic mass is 10.0. The molecule has 0 fully saturated rings. The van der Waals surface area contributed by atoms with Crippen molar-refractivity contribution in [1.82, 2.24) is 10.6 Å². The van der Waals surface area contributed by atoms with Crippen LogP contribution in [0.1, 0.15) is 18.1 Å². The van der Waals surface area contributed by atoms with Crippen molar-refractivity contribution >= 4 is 18.3 Å². The highest BCUT2D eigenvalue weighted by Gasteiger charge is 2.11. The first-order valence-corrected chi connectivity index (χ1v) is 7.68. The van der Waals surface area contributed by atoms with Crippen LogP contribution >= 0.6 is 12.4 Å². The summed E-state index contributed by atoms with van der Waals surface area (Å²) in [6.45, 7) is 5.27. The van der Waals surface area contributed by atoms with Crippen LogP contribution in [0.5, 0.6) is 0 Å². The largest absolute Gasteiger partial charge is 0.352 e. The van der Waals surface area contributed by atoms with Crippen LogP contribution in [-0.2, 0) is 11.3 Å².